The molecule has 0 aromatic carbocycles. The molecule has 0 fully saturated rings. The number of carboxylic acids is 4. The monoisotopic (exact) mass is 428 g/mol. The van der Waals surface area contributed by atoms with Crippen LogP contribution in [0, 0.1) is 0 Å². The SMILES string of the molecule is O.O=C([O-])C(=O)[O-].O=C([O-])C(=O)[O-].[K+].[Pt+2]. The minimum Gasteiger partial charge on any atom is -0.543 e. The molecule has 0 aromatic rings. The zero-order valence-corrected chi connectivity index (χ0v) is 12.5. The van der Waals surface area contributed by atoms with Gasteiger partial charge in [0.2, 0.25) is 0 Å². The second-order valence-corrected chi connectivity index (χ2v) is 1.15. The molecular formula is C4H2KO9Pt-. The average molecular weight is 428 g/mol. The molecule has 0 aliphatic rings. The number of carbonyl (C=O) groups excluding carboxylic acids is 4. The molecule has 0 radical (unpaired) electrons. The average Bonchev–Trinajstić information content (AvgIpc) is 1.88. The fourth-order valence-electron chi connectivity index (χ4n) is 0. The molecular weight excluding hydrogens is 426 g/mol. The topological polar surface area (TPSA) is 192 Å². The molecule has 0 saturated carbocycles. The van der Waals surface area contributed by atoms with Gasteiger partial charge in [-0.3, -0.25) is 0 Å². The first-order valence-electron chi connectivity index (χ1n) is 2.13. The fourth-order valence-corrected chi connectivity index (χ4v) is 0. The van der Waals surface area contributed by atoms with Gasteiger partial charge in [-0.15, -0.1) is 0 Å². The summed E-state index contributed by atoms with van der Waals surface area (Å²) >= 11 is 0. The third-order valence-corrected chi connectivity index (χ3v) is 0.333. The standard InChI is InChI=1S/2C2H2O4.K.H2O.Pt/c2*3-1(4)2(5)6;;;/h2*(H,3,4)(H,5,6);;1H2;/q;;+1;;+2/p-4. The van der Waals surface area contributed by atoms with Crippen LogP contribution in [-0.2, 0) is 40.2 Å². The Morgan fingerprint density at radius 1 is 0.600 bits per heavy atom. The first-order chi connectivity index (χ1) is 5.29. The molecule has 0 aliphatic carbocycles. The molecule has 2 N–H and O–H groups in total. The normalized spacial score (nSPS) is 5.87. The van der Waals surface area contributed by atoms with E-state index >= 15 is 0 Å². The minimum absolute atomic E-state index is 0. The largest absolute Gasteiger partial charge is 2.00 e. The number of aliphatic carboxylic acids is 4. The molecule has 0 rings (SSSR count). The molecule has 84 valence electrons. The van der Waals surface area contributed by atoms with Crippen molar-refractivity contribution in [2.24, 2.45) is 0 Å². The van der Waals surface area contributed by atoms with Crippen molar-refractivity contribution in [1.82, 2.24) is 0 Å². The number of hydrogen-bond donors (Lipinski definition) is 0. The van der Waals surface area contributed by atoms with Gasteiger partial charge >= 0.3 is 72.4 Å². The summed E-state index contributed by atoms with van der Waals surface area (Å²) in [7, 11) is 0. The van der Waals surface area contributed by atoms with Gasteiger partial charge in [0.1, 0.15) is 0 Å². The van der Waals surface area contributed by atoms with Crippen molar-refractivity contribution in [2.75, 3.05) is 0 Å². The Hall–Kier alpha value is 0.165. The molecule has 0 heterocycles. The number of carboxylic acid groups (broad SMARTS) is 4. The van der Waals surface area contributed by atoms with Crippen LogP contribution in [0.1, 0.15) is 0 Å². The molecule has 0 atom stereocenters. The van der Waals surface area contributed by atoms with Gasteiger partial charge in [-0.25, -0.2) is 0 Å². The zero-order valence-electron chi connectivity index (χ0n) is 7.08. The van der Waals surface area contributed by atoms with E-state index in [1.807, 2.05) is 0 Å². The molecule has 0 bridgehead atoms. The summed E-state index contributed by atoms with van der Waals surface area (Å²) in [5, 5.41) is 35.7. The Balaban J connectivity index is -0.0000000370. The van der Waals surface area contributed by atoms with Crippen molar-refractivity contribution in [2.45, 2.75) is 0 Å². The van der Waals surface area contributed by atoms with Gasteiger partial charge in [0.15, 0.2) is 0 Å². The fraction of sp³-hybridized carbons (Fsp3) is 0. The zero-order chi connectivity index (χ0) is 10.3. The van der Waals surface area contributed by atoms with Crippen LogP contribution in [0.4, 0.5) is 0 Å². The summed E-state index contributed by atoms with van der Waals surface area (Å²) in [6, 6.07) is 0. The van der Waals surface area contributed by atoms with Crippen molar-refractivity contribution in [3.05, 3.63) is 0 Å². The van der Waals surface area contributed by atoms with Crippen LogP contribution in [-0.4, -0.2) is 29.4 Å². The summed E-state index contributed by atoms with van der Waals surface area (Å²) in [4.78, 5) is 35.7. The van der Waals surface area contributed by atoms with Gasteiger partial charge < -0.3 is 45.1 Å². The van der Waals surface area contributed by atoms with E-state index in [9.17, 15) is 0 Å². The van der Waals surface area contributed by atoms with Crippen LogP contribution in [0.3, 0.4) is 0 Å². The Kier molecular flexibility index (Phi) is 32.6. The first kappa shape index (κ1) is 29.4. The van der Waals surface area contributed by atoms with Gasteiger partial charge in [-0.1, -0.05) is 0 Å². The molecule has 11 heteroatoms. The van der Waals surface area contributed by atoms with Crippen molar-refractivity contribution >= 4 is 23.9 Å². The summed E-state index contributed by atoms with van der Waals surface area (Å²) in [5.74, 6) is -8.74. The summed E-state index contributed by atoms with van der Waals surface area (Å²) in [5.41, 5.74) is 0. The maximum absolute atomic E-state index is 8.93. The van der Waals surface area contributed by atoms with E-state index in [4.69, 9.17) is 39.6 Å². The van der Waals surface area contributed by atoms with E-state index in [1.165, 1.54) is 0 Å². The predicted molar refractivity (Wildman–Crippen MR) is 23.6 cm³/mol. The molecule has 0 saturated heterocycles. The van der Waals surface area contributed by atoms with Crippen LogP contribution in [0.15, 0.2) is 0 Å². The van der Waals surface area contributed by atoms with Crippen LogP contribution < -0.4 is 71.8 Å². The van der Waals surface area contributed by atoms with Gasteiger partial charge in [0.05, 0.1) is 23.9 Å². The molecule has 0 amide bonds. The molecule has 0 spiro atoms. The quantitative estimate of drug-likeness (QED) is 0.268. The first-order valence-corrected chi connectivity index (χ1v) is 2.13. The third-order valence-electron chi connectivity index (χ3n) is 0.333. The Bertz CT molecular complexity index is 178. The number of rotatable bonds is 0. The Morgan fingerprint density at radius 2 is 0.667 bits per heavy atom. The van der Waals surface area contributed by atoms with E-state index in [0.29, 0.717) is 0 Å². The molecule has 9 nitrogen and oxygen atoms in total. The Morgan fingerprint density at radius 3 is 0.667 bits per heavy atom. The van der Waals surface area contributed by atoms with Crippen molar-refractivity contribution in [3.63, 3.8) is 0 Å². The summed E-state index contributed by atoms with van der Waals surface area (Å²) < 4.78 is 0. The van der Waals surface area contributed by atoms with E-state index in [0.717, 1.165) is 0 Å². The molecule has 15 heavy (non-hydrogen) atoms. The van der Waals surface area contributed by atoms with E-state index in [2.05, 4.69) is 0 Å². The van der Waals surface area contributed by atoms with Gasteiger partial charge in [-0.05, 0) is 0 Å². The van der Waals surface area contributed by atoms with Gasteiger partial charge in [0.25, 0.3) is 0 Å². The van der Waals surface area contributed by atoms with Crippen LogP contribution in [0.5, 0.6) is 0 Å². The van der Waals surface area contributed by atoms with Crippen LogP contribution >= 0.6 is 0 Å². The second-order valence-electron chi connectivity index (χ2n) is 1.15. The van der Waals surface area contributed by atoms with E-state index < -0.39 is 23.9 Å². The van der Waals surface area contributed by atoms with Crippen molar-refractivity contribution in [3.8, 4) is 0 Å². The second kappa shape index (κ2) is 16.6. The smallest absolute Gasteiger partial charge is 0.543 e. The maximum atomic E-state index is 8.93. The van der Waals surface area contributed by atoms with E-state index in [1.54, 1.807) is 0 Å². The molecule has 0 aromatic heterocycles. The van der Waals surface area contributed by atoms with Gasteiger partial charge in [-0.2, -0.15) is 0 Å². The molecule has 0 unspecified atom stereocenters. The minimum atomic E-state index is -2.19. The summed E-state index contributed by atoms with van der Waals surface area (Å²) in [6.45, 7) is 0. The number of hydrogen-bond acceptors (Lipinski definition) is 8. The van der Waals surface area contributed by atoms with Crippen LogP contribution in [0.2, 0.25) is 0 Å². The van der Waals surface area contributed by atoms with Crippen molar-refractivity contribution < 1.29 is 118 Å². The van der Waals surface area contributed by atoms with Crippen LogP contribution in [0.25, 0.3) is 0 Å². The summed E-state index contributed by atoms with van der Waals surface area (Å²) in [6.07, 6.45) is 0. The van der Waals surface area contributed by atoms with Crippen molar-refractivity contribution in [1.29, 1.82) is 0 Å². The molecule has 0 aliphatic heterocycles. The maximum Gasteiger partial charge on any atom is 2.00 e. The Labute approximate surface area is 139 Å². The van der Waals surface area contributed by atoms with Gasteiger partial charge in [0, 0.05) is 0 Å². The van der Waals surface area contributed by atoms with E-state index in [-0.39, 0.29) is 77.9 Å². The number of carbonyl (C=O) groups is 4. The predicted octanol–water partition coefficient (Wildman–Crippen LogP) is -10.9. The third kappa shape index (κ3) is 31.4.